The lowest BCUT2D eigenvalue weighted by Crippen LogP contribution is -2.51. The summed E-state index contributed by atoms with van der Waals surface area (Å²) in [5.41, 5.74) is 3.41. The van der Waals surface area contributed by atoms with E-state index in [4.69, 9.17) is 9.47 Å². The van der Waals surface area contributed by atoms with Crippen molar-refractivity contribution >= 4 is 35.1 Å². The van der Waals surface area contributed by atoms with Gasteiger partial charge < -0.3 is 19.7 Å². The Morgan fingerprint density at radius 2 is 1.46 bits per heavy atom. The van der Waals surface area contributed by atoms with Crippen molar-refractivity contribution in [2.45, 2.75) is 23.6 Å². The van der Waals surface area contributed by atoms with E-state index in [1.54, 1.807) is 24.3 Å². The zero-order valence-corrected chi connectivity index (χ0v) is 26.2. The van der Waals surface area contributed by atoms with Gasteiger partial charge in [0.05, 0.1) is 19.1 Å². The Morgan fingerprint density at radius 3 is 2.19 bits per heavy atom. The maximum Gasteiger partial charge on any atom is 0.330 e. The Balaban J connectivity index is 1.36. The second-order valence-corrected chi connectivity index (χ2v) is 12.3. The van der Waals surface area contributed by atoms with Gasteiger partial charge in [-0.15, -0.1) is 0 Å². The molecular formula is C41H32N2O5. The summed E-state index contributed by atoms with van der Waals surface area (Å²) in [6, 6.07) is 39.3. The van der Waals surface area contributed by atoms with Crippen LogP contribution in [0.4, 0.5) is 11.4 Å². The number of carbonyl (C=O) groups excluding carboxylic acids is 3. The Kier molecular flexibility index (Phi) is 7.17. The van der Waals surface area contributed by atoms with Crippen LogP contribution >= 0.6 is 0 Å². The van der Waals surface area contributed by atoms with Gasteiger partial charge in [0.25, 0.3) is 0 Å². The van der Waals surface area contributed by atoms with Gasteiger partial charge >= 0.3 is 5.97 Å². The fourth-order valence-electron chi connectivity index (χ4n) is 7.82. The molecule has 236 valence electrons. The first kappa shape index (κ1) is 29.5. The van der Waals surface area contributed by atoms with E-state index in [1.807, 2.05) is 126 Å². The lowest BCUT2D eigenvalue weighted by atomic mass is 9.64. The van der Waals surface area contributed by atoms with Gasteiger partial charge in [-0.1, -0.05) is 121 Å². The van der Waals surface area contributed by atoms with E-state index in [9.17, 15) is 4.79 Å². The summed E-state index contributed by atoms with van der Waals surface area (Å²) in [6.45, 7) is 0. The second-order valence-electron chi connectivity index (χ2n) is 12.3. The van der Waals surface area contributed by atoms with Crippen LogP contribution in [0.25, 0.3) is 6.08 Å². The minimum absolute atomic E-state index is 0.332. The van der Waals surface area contributed by atoms with Gasteiger partial charge in [0.15, 0.2) is 11.9 Å². The van der Waals surface area contributed by atoms with Crippen LogP contribution in [0.3, 0.4) is 0 Å². The number of rotatable bonds is 7. The molecule has 48 heavy (non-hydrogen) atoms. The van der Waals surface area contributed by atoms with Gasteiger partial charge in [0.1, 0.15) is 17.2 Å². The molecule has 1 N–H and O–H groups in total. The minimum atomic E-state index is -1.44. The topological polar surface area (TPSA) is 84.9 Å². The molecule has 5 aromatic carbocycles. The van der Waals surface area contributed by atoms with Crippen molar-refractivity contribution in [2.75, 3.05) is 17.3 Å². The van der Waals surface area contributed by atoms with Crippen LogP contribution in [0.2, 0.25) is 0 Å². The number of ether oxygens (including phenoxy) is 2. The van der Waals surface area contributed by atoms with Crippen molar-refractivity contribution in [3.05, 3.63) is 167 Å². The number of nitrogens with zero attached hydrogens (tertiary/aromatic N) is 1. The van der Waals surface area contributed by atoms with E-state index < -0.39 is 35.5 Å². The number of methoxy groups -OCH3 is 1. The molecule has 0 unspecified atom stereocenters. The molecule has 5 aromatic rings. The molecule has 1 saturated heterocycles. The smallest absolute Gasteiger partial charge is 0.330 e. The molecule has 1 spiro atoms. The number of amides is 1. The largest absolute Gasteiger partial charge is 0.497 e. The number of ketones is 1. The van der Waals surface area contributed by atoms with E-state index in [0.29, 0.717) is 22.6 Å². The molecule has 8 rings (SSSR count). The molecule has 0 aliphatic carbocycles. The predicted octanol–water partition coefficient (Wildman–Crippen LogP) is 7.00. The Labute approximate surface area is 278 Å². The van der Waals surface area contributed by atoms with E-state index in [2.05, 4.69) is 5.32 Å². The van der Waals surface area contributed by atoms with Gasteiger partial charge in [0, 0.05) is 16.9 Å². The maximum absolute atomic E-state index is 15.1. The molecule has 3 aliphatic rings. The SMILES string of the molecule is COc1cccc(C(=O)[C@@H]2[C@H](C(=O)OC(c3ccccc3)c3ccccc3)N3c4ccccc4C=C[C@@H]3[C@]23C(=O)Nc2ccccc23)c1. The number of anilines is 2. The lowest BCUT2D eigenvalue weighted by Gasteiger charge is -2.37. The van der Waals surface area contributed by atoms with Gasteiger partial charge in [-0.3, -0.25) is 9.59 Å². The zero-order chi connectivity index (χ0) is 32.8. The molecular weight excluding hydrogens is 600 g/mol. The quantitative estimate of drug-likeness (QED) is 0.154. The third-order valence-electron chi connectivity index (χ3n) is 9.86. The third-order valence-corrected chi connectivity index (χ3v) is 9.86. The van der Waals surface area contributed by atoms with Crippen LogP contribution in [0.1, 0.15) is 38.7 Å². The summed E-state index contributed by atoms with van der Waals surface area (Å²) in [6.07, 6.45) is 3.18. The summed E-state index contributed by atoms with van der Waals surface area (Å²) >= 11 is 0. The molecule has 7 heteroatoms. The highest BCUT2D eigenvalue weighted by Gasteiger charge is 2.71. The molecule has 4 atom stereocenters. The van der Waals surface area contributed by atoms with Crippen molar-refractivity contribution in [3.8, 4) is 5.75 Å². The number of hydrogen-bond acceptors (Lipinski definition) is 6. The molecule has 3 heterocycles. The van der Waals surface area contributed by atoms with Crippen LogP contribution in [0.15, 0.2) is 140 Å². The highest BCUT2D eigenvalue weighted by molar-refractivity contribution is 6.16. The van der Waals surface area contributed by atoms with E-state index in [-0.39, 0.29) is 11.7 Å². The van der Waals surface area contributed by atoms with Crippen molar-refractivity contribution < 1.29 is 23.9 Å². The Hall–Kier alpha value is -5.95. The van der Waals surface area contributed by atoms with E-state index >= 15 is 9.59 Å². The predicted molar refractivity (Wildman–Crippen MR) is 184 cm³/mol. The highest BCUT2D eigenvalue weighted by Crippen LogP contribution is 2.58. The summed E-state index contributed by atoms with van der Waals surface area (Å²) < 4.78 is 12.0. The molecule has 0 radical (unpaired) electrons. The molecule has 0 saturated carbocycles. The van der Waals surface area contributed by atoms with Gasteiger partial charge in [-0.2, -0.15) is 0 Å². The second kappa shape index (κ2) is 11.7. The fourth-order valence-corrected chi connectivity index (χ4v) is 7.82. The number of benzene rings is 5. The van der Waals surface area contributed by atoms with Crippen LogP contribution in [-0.2, 0) is 19.7 Å². The summed E-state index contributed by atoms with van der Waals surface area (Å²) in [5.74, 6) is -1.94. The Bertz CT molecular complexity index is 2040. The Morgan fingerprint density at radius 1 is 0.792 bits per heavy atom. The summed E-state index contributed by atoms with van der Waals surface area (Å²) in [7, 11) is 1.54. The molecule has 1 fully saturated rings. The highest BCUT2D eigenvalue weighted by atomic mass is 16.5. The molecule has 3 aliphatic heterocycles. The first-order valence-electron chi connectivity index (χ1n) is 16.0. The van der Waals surface area contributed by atoms with Gasteiger partial charge in [-0.05, 0) is 46.5 Å². The monoisotopic (exact) mass is 632 g/mol. The number of fused-ring (bicyclic) bond motifs is 6. The van der Waals surface area contributed by atoms with E-state index in [1.165, 1.54) is 7.11 Å². The van der Waals surface area contributed by atoms with Gasteiger partial charge in [0.2, 0.25) is 5.91 Å². The number of hydrogen-bond donors (Lipinski definition) is 1. The van der Waals surface area contributed by atoms with Crippen LogP contribution in [0.5, 0.6) is 5.75 Å². The van der Waals surface area contributed by atoms with Crippen molar-refractivity contribution in [1.82, 2.24) is 0 Å². The average molecular weight is 633 g/mol. The standard InChI is InChI=1S/C41H32N2O5/c1-47-30-19-12-18-29(25-30)37(44)35-36(39(45)48-38(27-14-4-2-5-15-27)28-16-6-3-7-17-28)43-33-22-11-8-13-26(33)23-24-34(43)41(35)31-20-9-10-21-32(31)42-40(41)46/h2-25,34-36,38H,1H3,(H,42,46)/t34-,35+,36-,41+/m1/s1. The first-order valence-corrected chi connectivity index (χ1v) is 16.0. The maximum atomic E-state index is 15.1. The van der Waals surface area contributed by atoms with Crippen LogP contribution in [-0.4, -0.2) is 36.9 Å². The molecule has 1 amide bonds. The third kappa shape index (κ3) is 4.46. The van der Waals surface area contributed by atoms with Gasteiger partial charge in [-0.25, -0.2) is 4.79 Å². The molecule has 0 bridgehead atoms. The average Bonchev–Trinajstić information content (AvgIpc) is 3.63. The van der Waals surface area contributed by atoms with Crippen molar-refractivity contribution in [1.29, 1.82) is 0 Å². The first-order chi connectivity index (χ1) is 23.5. The normalized spacial score (nSPS) is 21.8. The van der Waals surface area contributed by atoms with Crippen LogP contribution in [0, 0.1) is 5.92 Å². The number of nitrogens with one attached hydrogen (secondary N) is 1. The number of carbonyl (C=O) groups is 3. The fraction of sp³-hybridized carbons (Fsp3) is 0.146. The summed E-state index contributed by atoms with van der Waals surface area (Å²) in [4.78, 5) is 46.8. The van der Waals surface area contributed by atoms with E-state index in [0.717, 1.165) is 22.4 Å². The van der Waals surface area contributed by atoms with Crippen molar-refractivity contribution in [3.63, 3.8) is 0 Å². The van der Waals surface area contributed by atoms with Crippen LogP contribution < -0.4 is 15.0 Å². The zero-order valence-electron chi connectivity index (χ0n) is 26.2. The minimum Gasteiger partial charge on any atom is -0.497 e. The number of esters is 1. The number of para-hydroxylation sites is 2. The molecule has 0 aromatic heterocycles. The lowest BCUT2D eigenvalue weighted by molar-refractivity contribution is -0.150. The molecule has 7 nitrogen and oxygen atoms in total. The number of Topliss-reactive ketones (excluding diaryl/α,β-unsaturated/α-hetero) is 1. The summed E-state index contributed by atoms with van der Waals surface area (Å²) in [5, 5.41) is 3.07. The van der Waals surface area contributed by atoms with Crippen molar-refractivity contribution in [2.24, 2.45) is 5.92 Å².